The molecule has 1 aromatic heterocycles. The Balaban J connectivity index is 2.24. The largest absolute Gasteiger partial charge is 0.349 e. The van der Waals surface area contributed by atoms with Crippen molar-refractivity contribution in [2.45, 2.75) is 0 Å². The van der Waals surface area contributed by atoms with Crippen LogP contribution >= 0.6 is 22.6 Å². The Labute approximate surface area is 172 Å². The molecule has 2 aromatic carbocycles. The number of imidazole rings is 1. The molecule has 0 atom stereocenters. The monoisotopic (exact) mass is 523 g/mol. The van der Waals surface area contributed by atoms with Crippen molar-refractivity contribution >= 4 is 49.9 Å². The van der Waals surface area contributed by atoms with Gasteiger partial charge in [0.25, 0.3) is 10.2 Å². The third kappa shape index (κ3) is 4.23. The number of benzene rings is 2. The molecular weight excluding hydrogens is 510 g/mol. The van der Waals surface area contributed by atoms with Gasteiger partial charge in [-0.15, -0.1) is 0 Å². The van der Waals surface area contributed by atoms with Crippen LogP contribution in [0.25, 0.3) is 11.3 Å². The first-order valence-electron chi connectivity index (χ1n) is 7.66. The molecule has 4 N–H and O–H groups in total. The Kier molecular flexibility index (Phi) is 5.81. The number of aromatic nitrogens is 2. The van der Waals surface area contributed by atoms with Crippen molar-refractivity contribution in [3.8, 4) is 11.3 Å². The summed E-state index contributed by atoms with van der Waals surface area (Å²) in [5, 5.41) is 2.44. The van der Waals surface area contributed by atoms with Crippen LogP contribution < -0.4 is 14.8 Å². The van der Waals surface area contributed by atoms with Gasteiger partial charge in [0, 0.05) is 16.2 Å². The van der Waals surface area contributed by atoms with Gasteiger partial charge in [0.15, 0.2) is 11.6 Å². The lowest BCUT2D eigenvalue weighted by atomic mass is 10.1. The lowest BCUT2D eigenvalue weighted by Gasteiger charge is -2.19. The van der Waals surface area contributed by atoms with Gasteiger partial charge >= 0.3 is 0 Å². The molecule has 3 rings (SSSR count). The number of H-pyrrole nitrogens is 1. The minimum atomic E-state index is -4.11. The average molecular weight is 523 g/mol. The predicted octanol–water partition coefficient (Wildman–Crippen LogP) is 3.72. The zero-order valence-corrected chi connectivity index (χ0v) is 17.1. The van der Waals surface area contributed by atoms with Crippen LogP contribution in [-0.2, 0) is 10.2 Å². The summed E-state index contributed by atoms with van der Waals surface area (Å²) in [6.07, 6.45) is 2.60. The minimum Gasteiger partial charge on any atom is -0.349 e. The topological polar surface area (TPSA) is 98.9 Å². The molecule has 0 radical (unpaired) electrons. The van der Waals surface area contributed by atoms with Crippen molar-refractivity contribution in [3.63, 3.8) is 0 Å². The highest BCUT2D eigenvalue weighted by molar-refractivity contribution is 14.1. The van der Waals surface area contributed by atoms with Crippen molar-refractivity contribution in [1.82, 2.24) is 14.7 Å². The SMILES string of the molecule is CNS(=O)(=O)Nc1c(-c2cnc[nH]2)cc(F)c(F)c1Nc1ccc(I)cc1F. The summed E-state index contributed by atoms with van der Waals surface area (Å²) < 4.78 is 71.9. The first kappa shape index (κ1) is 20.4. The molecule has 0 saturated heterocycles. The van der Waals surface area contributed by atoms with Crippen molar-refractivity contribution < 1.29 is 21.6 Å². The smallest absolute Gasteiger partial charge is 0.298 e. The second kappa shape index (κ2) is 7.97. The highest BCUT2D eigenvalue weighted by Crippen LogP contribution is 2.39. The van der Waals surface area contributed by atoms with E-state index in [2.05, 4.69) is 20.0 Å². The molecule has 12 heteroatoms. The first-order valence-corrected chi connectivity index (χ1v) is 10.2. The van der Waals surface area contributed by atoms with Gasteiger partial charge in [-0.3, -0.25) is 4.72 Å². The van der Waals surface area contributed by atoms with Gasteiger partial charge in [-0.05, 0) is 46.9 Å². The van der Waals surface area contributed by atoms with Gasteiger partial charge in [-0.1, -0.05) is 0 Å². The fraction of sp³-hybridized carbons (Fsp3) is 0.0625. The highest BCUT2D eigenvalue weighted by Gasteiger charge is 2.24. The standard InChI is InChI=1S/C16H13F3IN5O2S/c1-21-28(26,27)25-15-9(13-6-22-7-23-13)5-11(18)14(19)16(15)24-12-3-2-8(20)4-10(12)17/h2-7,21,24-25H,1H3,(H,22,23). The summed E-state index contributed by atoms with van der Waals surface area (Å²) in [7, 11) is -2.96. The third-order valence-corrected chi connectivity index (χ3v) is 5.39. The van der Waals surface area contributed by atoms with Crippen molar-refractivity contribution in [2.75, 3.05) is 17.1 Å². The maximum atomic E-state index is 14.6. The summed E-state index contributed by atoms with van der Waals surface area (Å²) in [5.41, 5.74) is -0.869. The second-order valence-electron chi connectivity index (χ2n) is 5.49. The molecule has 0 spiro atoms. The summed E-state index contributed by atoms with van der Waals surface area (Å²) in [4.78, 5) is 6.50. The molecule has 0 fully saturated rings. The molecule has 0 unspecified atom stereocenters. The minimum absolute atomic E-state index is 0.0244. The normalized spacial score (nSPS) is 11.5. The number of nitrogens with one attached hydrogen (secondary N) is 4. The second-order valence-corrected chi connectivity index (χ2v) is 8.36. The molecule has 0 aliphatic heterocycles. The lowest BCUT2D eigenvalue weighted by molar-refractivity contribution is 0.512. The number of aromatic amines is 1. The first-order chi connectivity index (χ1) is 13.2. The van der Waals surface area contributed by atoms with E-state index in [-0.39, 0.29) is 22.6 Å². The van der Waals surface area contributed by atoms with E-state index in [0.29, 0.717) is 3.57 Å². The summed E-state index contributed by atoms with van der Waals surface area (Å²) in [6.45, 7) is 0. The molecule has 3 aromatic rings. The number of hydrogen-bond donors (Lipinski definition) is 4. The van der Waals surface area contributed by atoms with E-state index >= 15 is 0 Å². The molecule has 0 aliphatic rings. The number of nitrogens with zero attached hydrogens (tertiary/aromatic N) is 1. The molecule has 1 heterocycles. The Morgan fingerprint density at radius 2 is 1.86 bits per heavy atom. The van der Waals surface area contributed by atoms with E-state index in [1.165, 1.54) is 24.7 Å². The van der Waals surface area contributed by atoms with E-state index in [1.54, 1.807) is 6.07 Å². The van der Waals surface area contributed by atoms with Gasteiger partial charge in [0.1, 0.15) is 11.5 Å². The quantitative estimate of drug-likeness (QED) is 0.371. The number of hydrogen-bond acceptors (Lipinski definition) is 4. The van der Waals surface area contributed by atoms with Gasteiger partial charge in [0.05, 0.1) is 29.6 Å². The van der Waals surface area contributed by atoms with Gasteiger partial charge in [-0.25, -0.2) is 22.9 Å². The number of halogens is 4. The Hall–Kier alpha value is -2.32. The van der Waals surface area contributed by atoms with Crippen LogP contribution in [0.1, 0.15) is 0 Å². The van der Waals surface area contributed by atoms with E-state index < -0.39 is 33.3 Å². The van der Waals surface area contributed by atoms with Crippen LogP contribution in [0.15, 0.2) is 36.8 Å². The van der Waals surface area contributed by atoms with Gasteiger partial charge in [0.2, 0.25) is 0 Å². The number of anilines is 3. The summed E-state index contributed by atoms with van der Waals surface area (Å²) in [5.74, 6) is -3.36. The Bertz CT molecular complexity index is 1120. The third-order valence-electron chi connectivity index (χ3n) is 3.70. The van der Waals surface area contributed by atoms with Crippen LogP contribution in [-0.4, -0.2) is 25.4 Å². The fourth-order valence-electron chi connectivity index (χ4n) is 2.38. The molecule has 7 nitrogen and oxygen atoms in total. The predicted molar refractivity (Wildman–Crippen MR) is 108 cm³/mol. The molecule has 0 aliphatic carbocycles. The van der Waals surface area contributed by atoms with E-state index in [9.17, 15) is 21.6 Å². The van der Waals surface area contributed by atoms with Gasteiger partial charge in [-0.2, -0.15) is 8.42 Å². The fourth-order valence-corrected chi connectivity index (χ4v) is 3.41. The highest BCUT2D eigenvalue weighted by atomic mass is 127. The molecular formula is C16H13F3IN5O2S. The van der Waals surface area contributed by atoms with Crippen LogP contribution in [0.4, 0.5) is 30.2 Å². The molecule has 0 saturated carbocycles. The van der Waals surface area contributed by atoms with E-state index in [4.69, 9.17) is 0 Å². The maximum Gasteiger partial charge on any atom is 0.298 e. The Morgan fingerprint density at radius 3 is 2.46 bits per heavy atom. The van der Waals surface area contributed by atoms with Crippen molar-refractivity contribution in [1.29, 1.82) is 0 Å². The lowest BCUT2D eigenvalue weighted by Crippen LogP contribution is -2.27. The van der Waals surface area contributed by atoms with Crippen molar-refractivity contribution in [3.05, 3.63) is 57.8 Å². The number of rotatable bonds is 6. The molecule has 0 amide bonds. The van der Waals surface area contributed by atoms with E-state index in [0.717, 1.165) is 13.1 Å². The van der Waals surface area contributed by atoms with Crippen molar-refractivity contribution in [2.24, 2.45) is 0 Å². The van der Waals surface area contributed by atoms with E-state index in [1.807, 2.05) is 27.3 Å². The molecule has 0 bridgehead atoms. The van der Waals surface area contributed by atoms with Crippen LogP contribution in [0, 0.1) is 21.0 Å². The molecule has 28 heavy (non-hydrogen) atoms. The molecule has 148 valence electrons. The summed E-state index contributed by atoms with van der Waals surface area (Å²) >= 11 is 1.89. The maximum absolute atomic E-state index is 14.6. The average Bonchev–Trinajstić information content (AvgIpc) is 3.17. The Morgan fingerprint density at radius 1 is 1.11 bits per heavy atom. The van der Waals surface area contributed by atoms with Crippen LogP contribution in [0.2, 0.25) is 0 Å². The summed E-state index contributed by atoms with van der Waals surface area (Å²) in [6, 6.07) is 4.88. The van der Waals surface area contributed by atoms with Crippen LogP contribution in [0.3, 0.4) is 0 Å². The zero-order valence-electron chi connectivity index (χ0n) is 14.1. The zero-order chi connectivity index (χ0) is 20.5. The van der Waals surface area contributed by atoms with Crippen LogP contribution in [0.5, 0.6) is 0 Å². The van der Waals surface area contributed by atoms with Gasteiger partial charge < -0.3 is 10.3 Å².